The molecule has 0 bridgehead atoms. The first-order valence-corrected chi connectivity index (χ1v) is 5.90. The van der Waals surface area contributed by atoms with Crippen LogP contribution >= 0.6 is 0 Å². The molecule has 1 aromatic heterocycles. The lowest BCUT2D eigenvalue weighted by Gasteiger charge is -2.13. The first kappa shape index (κ1) is 13.1. The van der Waals surface area contributed by atoms with E-state index in [0.29, 0.717) is 11.6 Å². The van der Waals surface area contributed by atoms with Crippen molar-refractivity contribution in [3.63, 3.8) is 0 Å². The Hall–Kier alpha value is -2.30. The lowest BCUT2D eigenvalue weighted by molar-refractivity contribution is 0.397. The van der Waals surface area contributed by atoms with E-state index in [1.165, 1.54) is 0 Å². The molecule has 2 N–H and O–H groups in total. The van der Waals surface area contributed by atoms with Crippen molar-refractivity contribution in [2.24, 2.45) is 0 Å². The van der Waals surface area contributed by atoms with Gasteiger partial charge < -0.3 is 15.2 Å². The van der Waals surface area contributed by atoms with Crippen molar-refractivity contribution in [1.82, 2.24) is 9.97 Å². The Morgan fingerprint density at radius 1 is 1.05 bits per heavy atom. The molecule has 100 valence electrons. The third-order valence-corrected chi connectivity index (χ3v) is 3.09. The molecular weight excluding hydrogens is 242 g/mol. The van der Waals surface area contributed by atoms with Gasteiger partial charge in [0.15, 0.2) is 0 Å². The smallest absolute Gasteiger partial charge is 0.223 e. The van der Waals surface area contributed by atoms with Gasteiger partial charge in [-0.25, -0.2) is 4.98 Å². The Labute approximate surface area is 112 Å². The molecule has 0 radical (unpaired) electrons. The molecule has 1 aromatic carbocycles. The van der Waals surface area contributed by atoms with Crippen LogP contribution in [-0.2, 0) is 0 Å². The number of nitrogens with two attached hydrogens (primary N) is 1. The summed E-state index contributed by atoms with van der Waals surface area (Å²) in [7, 11) is 3.19. The van der Waals surface area contributed by atoms with Crippen molar-refractivity contribution in [2.75, 3.05) is 20.0 Å². The third-order valence-electron chi connectivity index (χ3n) is 3.09. The van der Waals surface area contributed by atoms with Crippen molar-refractivity contribution < 1.29 is 9.47 Å². The molecule has 19 heavy (non-hydrogen) atoms. The van der Waals surface area contributed by atoms with E-state index in [1.807, 2.05) is 26.0 Å². The average Bonchev–Trinajstić information content (AvgIpc) is 2.40. The zero-order valence-corrected chi connectivity index (χ0v) is 11.5. The summed E-state index contributed by atoms with van der Waals surface area (Å²) in [5.74, 6) is 1.40. The van der Waals surface area contributed by atoms with E-state index in [2.05, 4.69) is 9.97 Å². The molecule has 0 spiro atoms. The molecule has 5 heteroatoms. The molecule has 0 atom stereocenters. The Balaban J connectivity index is 2.65. The fourth-order valence-electron chi connectivity index (χ4n) is 1.94. The maximum Gasteiger partial charge on any atom is 0.223 e. The maximum atomic E-state index is 5.69. The molecule has 0 aliphatic carbocycles. The van der Waals surface area contributed by atoms with E-state index in [0.717, 1.165) is 22.4 Å². The summed E-state index contributed by atoms with van der Waals surface area (Å²) in [6.07, 6.45) is 0. The number of rotatable bonds is 3. The quantitative estimate of drug-likeness (QED) is 0.916. The van der Waals surface area contributed by atoms with E-state index in [1.54, 1.807) is 20.3 Å². The third kappa shape index (κ3) is 2.45. The van der Waals surface area contributed by atoms with Crippen LogP contribution in [0.15, 0.2) is 18.2 Å². The highest BCUT2D eigenvalue weighted by atomic mass is 16.5. The zero-order chi connectivity index (χ0) is 14.0. The molecule has 0 amide bonds. The van der Waals surface area contributed by atoms with E-state index in [9.17, 15) is 0 Å². The Morgan fingerprint density at radius 3 is 2.42 bits per heavy atom. The van der Waals surface area contributed by atoms with Crippen LogP contribution < -0.4 is 15.2 Å². The second kappa shape index (κ2) is 5.14. The second-order valence-electron chi connectivity index (χ2n) is 4.24. The number of nitrogens with zero attached hydrogens (tertiary/aromatic N) is 2. The number of methoxy groups -OCH3 is 2. The summed E-state index contributed by atoms with van der Waals surface area (Å²) >= 11 is 0. The first-order chi connectivity index (χ1) is 9.06. The van der Waals surface area contributed by atoms with E-state index >= 15 is 0 Å². The van der Waals surface area contributed by atoms with Crippen LogP contribution in [0.3, 0.4) is 0 Å². The van der Waals surface area contributed by atoms with Gasteiger partial charge in [-0.2, -0.15) is 4.98 Å². The summed E-state index contributed by atoms with van der Waals surface area (Å²) in [5, 5.41) is 0. The summed E-state index contributed by atoms with van der Waals surface area (Å²) < 4.78 is 10.6. The predicted octanol–water partition coefficient (Wildman–Crippen LogP) is 2.36. The summed E-state index contributed by atoms with van der Waals surface area (Å²) in [4.78, 5) is 8.22. The fraction of sp³-hybridized carbons (Fsp3) is 0.286. The number of ether oxygens (including phenoxy) is 2. The Bertz CT molecular complexity index is 612. The van der Waals surface area contributed by atoms with E-state index < -0.39 is 0 Å². The fourth-order valence-corrected chi connectivity index (χ4v) is 1.94. The van der Waals surface area contributed by atoms with Crippen molar-refractivity contribution in [3.05, 3.63) is 29.3 Å². The molecular formula is C14H17N3O2. The molecule has 2 rings (SSSR count). The Morgan fingerprint density at radius 2 is 1.79 bits per heavy atom. The van der Waals surface area contributed by atoms with Gasteiger partial charge in [-0.15, -0.1) is 0 Å². The Kier molecular flexibility index (Phi) is 3.55. The number of nitrogen functional groups attached to an aromatic ring is 1. The molecule has 0 aliphatic heterocycles. The van der Waals surface area contributed by atoms with Crippen LogP contribution in [-0.4, -0.2) is 24.2 Å². The van der Waals surface area contributed by atoms with Gasteiger partial charge in [-0.3, -0.25) is 0 Å². The van der Waals surface area contributed by atoms with Gasteiger partial charge in [0.1, 0.15) is 5.75 Å². The van der Waals surface area contributed by atoms with Gasteiger partial charge in [0.2, 0.25) is 11.8 Å². The molecule has 2 aromatic rings. The number of benzene rings is 1. The lowest BCUT2D eigenvalue weighted by Crippen LogP contribution is -2.01. The van der Waals surface area contributed by atoms with Crippen LogP contribution in [0.5, 0.6) is 11.6 Å². The van der Waals surface area contributed by atoms with Gasteiger partial charge in [-0.05, 0) is 31.0 Å². The standard InChI is InChI=1S/C14H17N3O2/c1-8-5-6-10(13(19-4)9(8)2)11-7-12(18-3)17-14(15)16-11/h5-7H,1-4H3,(H2,15,16,17). The number of aryl methyl sites for hydroxylation is 1. The number of anilines is 1. The number of hydrogen-bond donors (Lipinski definition) is 1. The van der Waals surface area contributed by atoms with E-state index in [-0.39, 0.29) is 5.95 Å². The van der Waals surface area contributed by atoms with Crippen molar-refractivity contribution in [2.45, 2.75) is 13.8 Å². The van der Waals surface area contributed by atoms with Crippen LogP contribution in [0.4, 0.5) is 5.95 Å². The van der Waals surface area contributed by atoms with Crippen LogP contribution in [0.1, 0.15) is 11.1 Å². The van der Waals surface area contributed by atoms with Crippen molar-refractivity contribution in [1.29, 1.82) is 0 Å². The van der Waals surface area contributed by atoms with Gasteiger partial charge in [0.25, 0.3) is 0 Å². The van der Waals surface area contributed by atoms with Gasteiger partial charge in [0, 0.05) is 11.6 Å². The second-order valence-corrected chi connectivity index (χ2v) is 4.24. The van der Waals surface area contributed by atoms with Gasteiger partial charge in [0.05, 0.1) is 19.9 Å². The minimum atomic E-state index is 0.176. The molecule has 1 heterocycles. The monoisotopic (exact) mass is 259 g/mol. The van der Waals surface area contributed by atoms with Crippen molar-refractivity contribution >= 4 is 5.95 Å². The molecule has 0 saturated carbocycles. The highest BCUT2D eigenvalue weighted by Gasteiger charge is 2.13. The molecule has 0 aliphatic rings. The predicted molar refractivity (Wildman–Crippen MR) is 74.5 cm³/mol. The SMILES string of the molecule is COc1cc(-c2ccc(C)c(C)c2OC)nc(N)n1. The van der Waals surface area contributed by atoms with E-state index in [4.69, 9.17) is 15.2 Å². The first-order valence-electron chi connectivity index (χ1n) is 5.90. The zero-order valence-electron chi connectivity index (χ0n) is 11.5. The van der Waals surface area contributed by atoms with Crippen molar-refractivity contribution in [3.8, 4) is 22.9 Å². The minimum Gasteiger partial charge on any atom is -0.496 e. The van der Waals surface area contributed by atoms with Crippen LogP contribution in [0.25, 0.3) is 11.3 Å². The van der Waals surface area contributed by atoms with Crippen LogP contribution in [0.2, 0.25) is 0 Å². The minimum absolute atomic E-state index is 0.176. The van der Waals surface area contributed by atoms with Gasteiger partial charge >= 0.3 is 0 Å². The lowest BCUT2D eigenvalue weighted by atomic mass is 10.0. The highest BCUT2D eigenvalue weighted by Crippen LogP contribution is 2.34. The summed E-state index contributed by atoms with van der Waals surface area (Å²) in [6.45, 7) is 4.05. The molecule has 0 fully saturated rings. The largest absolute Gasteiger partial charge is 0.496 e. The normalized spacial score (nSPS) is 10.3. The summed E-state index contributed by atoms with van der Waals surface area (Å²) in [6, 6.07) is 5.73. The number of aromatic nitrogens is 2. The molecule has 0 saturated heterocycles. The maximum absolute atomic E-state index is 5.69. The average molecular weight is 259 g/mol. The highest BCUT2D eigenvalue weighted by molar-refractivity contribution is 5.71. The van der Waals surface area contributed by atoms with Crippen LogP contribution in [0, 0.1) is 13.8 Å². The molecule has 5 nitrogen and oxygen atoms in total. The number of hydrogen-bond acceptors (Lipinski definition) is 5. The topological polar surface area (TPSA) is 70.3 Å². The summed E-state index contributed by atoms with van der Waals surface area (Å²) in [5.41, 5.74) is 9.49. The van der Waals surface area contributed by atoms with Gasteiger partial charge in [-0.1, -0.05) is 6.07 Å². The molecule has 0 unspecified atom stereocenters.